The molecule has 1 aliphatic heterocycles. The zero-order valence-corrected chi connectivity index (χ0v) is 17.1. The van der Waals surface area contributed by atoms with Gasteiger partial charge >= 0.3 is 0 Å². The molecular formula is C23H24FN5O2. The Kier molecular flexibility index (Phi) is 6.47. The van der Waals surface area contributed by atoms with Gasteiger partial charge in [0.15, 0.2) is 5.82 Å². The molecule has 0 saturated carbocycles. The summed E-state index contributed by atoms with van der Waals surface area (Å²) in [5.74, 6) is -0.206. The molecule has 1 N–H and O–H groups in total. The number of rotatable bonds is 6. The van der Waals surface area contributed by atoms with Gasteiger partial charge in [-0.3, -0.25) is 14.5 Å². The fraction of sp³-hybridized carbons (Fsp3) is 0.304. The molecule has 0 bridgehead atoms. The highest BCUT2D eigenvalue weighted by atomic mass is 19.1. The van der Waals surface area contributed by atoms with Crippen LogP contribution in [0.1, 0.15) is 17.7 Å². The van der Waals surface area contributed by atoms with Crippen LogP contribution in [0.15, 0.2) is 59.4 Å². The summed E-state index contributed by atoms with van der Waals surface area (Å²) < 4.78 is 13.4. The summed E-state index contributed by atoms with van der Waals surface area (Å²) in [5.41, 5.74) is 1.51. The smallest absolute Gasteiger partial charge is 0.273 e. The van der Waals surface area contributed by atoms with Crippen molar-refractivity contribution in [3.8, 4) is 11.4 Å². The molecule has 4 rings (SSSR count). The van der Waals surface area contributed by atoms with Gasteiger partial charge < -0.3 is 9.88 Å². The van der Waals surface area contributed by atoms with Gasteiger partial charge in [0.1, 0.15) is 11.5 Å². The Morgan fingerprint density at radius 1 is 1.00 bits per heavy atom. The first-order chi connectivity index (χ1) is 15.1. The molecule has 2 aromatic carbocycles. The van der Waals surface area contributed by atoms with Gasteiger partial charge in [0.2, 0.25) is 5.91 Å². The number of carbonyl (C=O) groups is 1. The summed E-state index contributed by atoms with van der Waals surface area (Å²) in [4.78, 5) is 31.7. The van der Waals surface area contributed by atoms with E-state index in [1.165, 1.54) is 23.8 Å². The molecule has 8 heteroatoms. The Hall–Kier alpha value is -3.39. The van der Waals surface area contributed by atoms with Crippen molar-refractivity contribution >= 4 is 5.91 Å². The van der Waals surface area contributed by atoms with Gasteiger partial charge in [0.25, 0.3) is 5.56 Å². The molecule has 1 saturated heterocycles. The Labute approximate surface area is 179 Å². The molecular weight excluding hydrogens is 397 g/mol. The third-order valence-electron chi connectivity index (χ3n) is 5.41. The van der Waals surface area contributed by atoms with E-state index in [1.54, 1.807) is 6.07 Å². The van der Waals surface area contributed by atoms with Gasteiger partial charge in [-0.2, -0.15) is 0 Å². The number of aryl methyl sites for hydroxylation is 1. The molecule has 1 amide bonds. The van der Waals surface area contributed by atoms with E-state index in [9.17, 15) is 14.0 Å². The van der Waals surface area contributed by atoms with E-state index in [0.29, 0.717) is 18.7 Å². The average Bonchev–Trinajstić information content (AvgIpc) is 2.79. The van der Waals surface area contributed by atoms with Gasteiger partial charge in [0.05, 0.1) is 0 Å². The highest BCUT2D eigenvalue weighted by Gasteiger charge is 2.21. The van der Waals surface area contributed by atoms with E-state index in [4.69, 9.17) is 0 Å². The van der Waals surface area contributed by atoms with E-state index in [2.05, 4.69) is 32.2 Å². The maximum absolute atomic E-state index is 13.4. The van der Waals surface area contributed by atoms with Crippen LogP contribution in [0.2, 0.25) is 0 Å². The van der Waals surface area contributed by atoms with Gasteiger partial charge in [-0.05, 0) is 17.7 Å². The van der Waals surface area contributed by atoms with Crippen LogP contribution < -0.4 is 5.56 Å². The number of aromatic nitrogens is 3. The molecule has 0 spiro atoms. The predicted molar refractivity (Wildman–Crippen MR) is 115 cm³/mol. The molecule has 0 aliphatic carbocycles. The van der Waals surface area contributed by atoms with E-state index in [-0.39, 0.29) is 30.3 Å². The number of amides is 1. The molecule has 31 heavy (non-hydrogen) atoms. The number of H-pyrrole nitrogens is 1. The Morgan fingerprint density at radius 2 is 1.77 bits per heavy atom. The molecule has 1 fully saturated rings. The van der Waals surface area contributed by atoms with Crippen LogP contribution in [-0.2, 0) is 17.8 Å². The van der Waals surface area contributed by atoms with Crippen molar-refractivity contribution < 1.29 is 9.18 Å². The molecule has 160 valence electrons. The van der Waals surface area contributed by atoms with Crippen LogP contribution in [-0.4, -0.2) is 57.1 Å². The fourth-order valence-electron chi connectivity index (χ4n) is 3.67. The van der Waals surface area contributed by atoms with Crippen molar-refractivity contribution in [2.45, 2.75) is 19.4 Å². The van der Waals surface area contributed by atoms with Crippen LogP contribution >= 0.6 is 0 Å². The SMILES string of the molecule is O=C(CCc1nnc(-c2cccc(F)c2)[nH]c1=O)N1CCN(Cc2ccccc2)CC1. The van der Waals surface area contributed by atoms with Crippen molar-refractivity contribution in [3.05, 3.63) is 82.0 Å². The Bertz CT molecular complexity index is 1090. The second-order valence-electron chi connectivity index (χ2n) is 7.60. The number of benzene rings is 2. The lowest BCUT2D eigenvalue weighted by Gasteiger charge is -2.34. The maximum Gasteiger partial charge on any atom is 0.273 e. The zero-order valence-electron chi connectivity index (χ0n) is 17.1. The van der Waals surface area contributed by atoms with Gasteiger partial charge in [-0.15, -0.1) is 10.2 Å². The number of hydrogen-bond acceptors (Lipinski definition) is 5. The summed E-state index contributed by atoms with van der Waals surface area (Å²) in [6.45, 7) is 3.87. The number of piperazine rings is 1. The monoisotopic (exact) mass is 421 g/mol. The van der Waals surface area contributed by atoms with Crippen molar-refractivity contribution in [1.82, 2.24) is 25.0 Å². The average molecular weight is 421 g/mol. The van der Waals surface area contributed by atoms with Crippen LogP contribution in [0.5, 0.6) is 0 Å². The summed E-state index contributed by atoms with van der Waals surface area (Å²) in [7, 11) is 0. The topological polar surface area (TPSA) is 82.2 Å². The molecule has 0 unspecified atom stereocenters. The summed E-state index contributed by atoms with van der Waals surface area (Å²) in [6.07, 6.45) is 0.421. The lowest BCUT2D eigenvalue weighted by Crippen LogP contribution is -2.48. The van der Waals surface area contributed by atoms with Crippen molar-refractivity contribution in [2.24, 2.45) is 0 Å². The summed E-state index contributed by atoms with van der Waals surface area (Å²) in [6, 6.07) is 16.1. The van der Waals surface area contributed by atoms with Crippen LogP contribution in [0.3, 0.4) is 0 Å². The highest BCUT2D eigenvalue weighted by molar-refractivity contribution is 5.76. The quantitative estimate of drug-likeness (QED) is 0.660. The van der Waals surface area contributed by atoms with Gasteiger partial charge in [-0.25, -0.2) is 4.39 Å². The van der Waals surface area contributed by atoms with Crippen molar-refractivity contribution in [2.75, 3.05) is 26.2 Å². The normalized spacial score (nSPS) is 14.5. The minimum absolute atomic E-state index is 0.00904. The third kappa shape index (κ3) is 5.40. The number of nitrogens with one attached hydrogen (secondary N) is 1. The maximum atomic E-state index is 13.4. The first-order valence-corrected chi connectivity index (χ1v) is 10.3. The second-order valence-corrected chi connectivity index (χ2v) is 7.60. The second kappa shape index (κ2) is 9.61. The minimum atomic E-state index is -0.418. The van der Waals surface area contributed by atoms with Crippen LogP contribution in [0.4, 0.5) is 4.39 Å². The van der Waals surface area contributed by atoms with Crippen LogP contribution in [0, 0.1) is 5.82 Å². The number of aromatic amines is 1. The van der Waals surface area contributed by atoms with Gasteiger partial charge in [-0.1, -0.05) is 42.5 Å². The minimum Gasteiger partial charge on any atom is -0.340 e. The summed E-state index contributed by atoms with van der Waals surface area (Å²) in [5, 5.41) is 7.95. The Balaban J connectivity index is 1.28. The highest BCUT2D eigenvalue weighted by Crippen LogP contribution is 2.14. The predicted octanol–water partition coefficient (Wildman–Crippen LogP) is 2.25. The molecule has 1 aromatic heterocycles. The summed E-state index contributed by atoms with van der Waals surface area (Å²) >= 11 is 0. The molecule has 7 nitrogen and oxygen atoms in total. The number of nitrogens with zero attached hydrogens (tertiary/aromatic N) is 4. The third-order valence-corrected chi connectivity index (χ3v) is 5.41. The van der Waals surface area contributed by atoms with E-state index in [1.807, 2.05) is 23.1 Å². The first kappa shape index (κ1) is 20.9. The van der Waals surface area contributed by atoms with E-state index < -0.39 is 11.4 Å². The van der Waals surface area contributed by atoms with Crippen molar-refractivity contribution in [3.63, 3.8) is 0 Å². The molecule has 0 radical (unpaired) electrons. The van der Waals surface area contributed by atoms with E-state index in [0.717, 1.165) is 19.6 Å². The Morgan fingerprint density at radius 3 is 2.48 bits per heavy atom. The fourth-order valence-corrected chi connectivity index (χ4v) is 3.67. The van der Waals surface area contributed by atoms with Crippen molar-refractivity contribution in [1.29, 1.82) is 0 Å². The molecule has 1 aliphatic rings. The number of carbonyl (C=O) groups excluding carboxylic acids is 1. The largest absolute Gasteiger partial charge is 0.340 e. The van der Waals surface area contributed by atoms with E-state index >= 15 is 0 Å². The standard InChI is InChI=1S/C23H24FN5O2/c24-19-8-4-7-18(15-19)22-25-23(31)20(26-27-22)9-10-21(30)29-13-11-28(12-14-29)16-17-5-2-1-3-6-17/h1-8,15H,9-14,16H2,(H,25,27,31). The first-order valence-electron chi connectivity index (χ1n) is 10.3. The number of hydrogen-bond donors (Lipinski definition) is 1. The zero-order chi connectivity index (χ0) is 21.6. The van der Waals surface area contributed by atoms with Gasteiger partial charge in [0, 0.05) is 51.1 Å². The lowest BCUT2D eigenvalue weighted by molar-refractivity contribution is -0.133. The lowest BCUT2D eigenvalue weighted by atomic mass is 10.1. The number of halogens is 1. The molecule has 3 aromatic rings. The molecule has 2 heterocycles. The molecule has 0 atom stereocenters. The van der Waals surface area contributed by atoms with Crippen LogP contribution in [0.25, 0.3) is 11.4 Å².